The summed E-state index contributed by atoms with van der Waals surface area (Å²) in [5.74, 6) is -2.05. The van der Waals surface area contributed by atoms with Gasteiger partial charge in [-0.15, -0.1) is 0 Å². The summed E-state index contributed by atoms with van der Waals surface area (Å²) in [6.07, 6.45) is -0.209. The molecule has 0 saturated carbocycles. The van der Waals surface area contributed by atoms with Crippen LogP contribution < -0.4 is 0 Å². The molecule has 1 heterocycles. The van der Waals surface area contributed by atoms with Gasteiger partial charge in [0.1, 0.15) is 5.82 Å². The number of morpholine rings is 1. The highest BCUT2D eigenvalue weighted by Gasteiger charge is 2.31. The smallest absolute Gasteiger partial charge is 0.305 e. The average Bonchev–Trinajstić information content (AvgIpc) is 2.41. The molecule has 5 nitrogen and oxygen atoms in total. The standard InChI is InChI=1S/C14H16FNO4/c1-9-3-2-4-11(13(9)15)14(19)16-5-6-20-8-10(16)7-12(17)18/h2-4,10H,5-8H2,1H3,(H,17,18). The number of ether oxygens (including phenoxy) is 1. The molecule has 1 fully saturated rings. The van der Waals surface area contributed by atoms with Crippen molar-refractivity contribution < 1.29 is 23.8 Å². The van der Waals surface area contributed by atoms with Gasteiger partial charge in [-0.05, 0) is 18.6 Å². The van der Waals surface area contributed by atoms with Gasteiger partial charge in [0.2, 0.25) is 0 Å². The summed E-state index contributed by atoms with van der Waals surface area (Å²) in [6, 6.07) is 4.05. The molecule has 108 valence electrons. The Morgan fingerprint density at radius 1 is 1.50 bits per heavy atom. The quantitative estimate of drug-likeness (QED) is 0.910. The number of hydrogen-bond donors (Lipinski definition) is 1. The normalized spacial score (nSPS) is 18.9. The van der Waals surface area contributed by atoms with Crippen LogP contribution in [0.1, 0.15) is 22.3 Å². The largest absolute Gasteiger partial charge is 0.481 e. The highest BCUT2D eigenvalue weighted by atomic mass is 19.1. The number of carbonyl (C=O) groups is 2. The highest BCUT2D eigenvalue weighted by Crippen LogP contribution is 2.19. The van der Waals surface area contributed by atoms with Crippen molar-refractivity contribution in [3.8, 4) is 0 Å². The maximum absolute atomic E-state index is 14.0. The molecule has 1 aromatic rings. The minimum Gasteiger partial charge on any atom is -0.481 e. The van der Waals surface area contributed by atoms with E-state index in [9.17, 15) is 14.0 Å². The maximum atomic E-state index is 14.0. The van der Waals surface area contributed by atoms with Crippen molar-refractivity contribution in [2.75, 3.05) is 19.8 Å². The first kappa shape index (κ1) is 14.5. The van der Waals surface area contributed by atoms with E-state index in [0.717, 1.165) is 0 Å². The van der Waals surface area contributed by atoms with Gasteiger partial charge >= 0.3 is 5.97 Å². The van der Waals surface area contributed by atoms with E-state index in [1.54, 1.807) is 19.1 Å². The summed E-state index contributed by atoms with van der Waals surface area (Å²) < 4.78 is 19.2. The number of carbonyl (C=O) groups excluding carboxylic acids is 1. The number of benzene rings is 1. The Morgan fingerprint density at radius 3 is 2.95 bits per heavy atom. The fraction of sp³-hybridized carbons (Fsp3) is 0.429. The van der Waals surface area contributed by atoms with E-state index in [0.29, 0.717) is 12.2 Å². The van der Waals surface area contributed by atoms with Crippen LogP contribution in [0.5, 0.6) is 0 Å². The summed E-state index contributed by atoms with van der Waals surface area (Å²) in [4.78, 5) is 24.6. The fourth-order valence-corrected chi connectivity index (χ4v) is 2.26. The molecule has 1 unspecified atom stereocenters. The lowest BCUT2D eigenvalue weighted by Gasteiger charge is -2.35. The van der Waals surface area contributed by atoms with Crippen LogP contribution in [-0.4, -0.2) is 47.7 Å². The molecule has 2 rings (SSSR count). The van der Waals surface area contributed by atoms with Crippen LogP contribution in [0.3, 0.4) is 0 Å². The number of aliphatic carboxylic acids is 1. The zero-order valence-electron chi connectivity index (χ0n) is 11.1. The molecule has 6 heteroatoms. The Balaban J connectivity index is 2.25. The third-order valence-electron chi connectivity index (χ3n) is 3.32. The van der Waals surface area contributed by atoms with E-state index >= 15 is 0 Å². The molecule has 20 heavy (non-hydrogen) atoms. The van der Waals surface area contributed by atoms with E-state index in [2.05, 4.69) is 0 Å². The second-order valence-electron chi connectivity index (χ2n) is 4.76. The number of hydrogen-bond acceptors (Lipinski definition) is 3. The maximum Gasteiger partial charge on any atom is 0.305 e. The second kappa shape index (κ2) is 6.00. The minimum atomic E-state index is -1.01. The van der Waals surface area contributed by atoms with E-state index in [1.807, 2.05) is 0 Å². The molecule has 1 aromatic carbocycles. The lowest BCUT2D eigenvalue weighted by molar-refractivity contribution is -0.139. The van der Waals surface area contributed by atoms with Gasteiger partial charge in [0, 0.05) is 6.54 Å². The minimum absolute atomic E-state index is 0.0257. The Labute approximate surface area is 116 Å². The SMILES string of the molecule is Cc1cccc(C(=O)N2CCOCC2CC(=O)O)c1F. The third kappa shape index (κ3) is 2.96. The number of carboxylic acid groups (broad SMARTS) is 1. The van der Waals surface area contributed by atoms with Gasteiger partial charge < -0.3 is 14.7 Å². The van der Waals surface area contributed by atoms with Crippen LogP contribution in [-0.2, 0) is 9.53 Å². The Bertz CT molecular complexity index is 532. The van der Waals surface area contributed by atoms with Crippen molar-refractivity contribution in [3.63, 3.8) is 0 Å². The van der Waals surface area contributed by atoms with Crippen LogP contribution in [0.4, 0.5) is 4.39 Å². The predicted octanol–water partition coefficient (Wildman–Crippen LogP) is 1.45. The average molecular weight is 281 g/mol. The Kier molecular flexibility index (Phi) is 4.34. The number of rotatable bonds is 3. The van der Waals surface area contributed by atoms with Gasteiger partial charge in [-0.1, -0.05) is 12.1 Å². The highest BCUT2D eigenvalue weighted by molar-refractivity contribution is 5.95. The van der Waals surface area contributed by atoms with Crippen molar-refractivity contribution in [1.29, 1.82) is 0 Å². The van der Waals surface area contributed by atoms with Crippen LogP contribution in [0, 0.1) is 12.7 Å². The van der Waals surface area contributed by atoms with E-state index in [4.69, 9.17) is 9.84 Å². The summed E-state index contributed by atoms with van der Waals surface area (Å²) in [6.45, 7) is 2.34. The van der Waals surface area contributed by atoms with Crippen LogP contribution in [0.15, 0.2) is 18.2 Å². The molecular weight excluding hydrogens is 265 g/mol. The molecule has 1 aliphatic heterocycles. The number of nitrogens with zero attached hydrogens (tertiary/aromatic N) is 1. The molecular formula is C14H16FNO4. The van der Waals surface area contributed by atoms with Crippen molar-refractivity contribution >= 4 is 11.9 Å². The van der Waals surface area contributed by atoms with Crippen molar-refractivity contribution in [3.05, 3.63) is 35.1 Å². The van der Waals surface area contributed by atoms with E-state index in [1.165, 1.54) is 11.0 Å². The van der Waals surface area contributed by atoms with E-state index < -0.39 is 23.7 Å². The molecule has 1 N–H and O–H groups in total. The van der Waals surface area contributed by atoms with Gasteiger partial charge in [-0.2, -0.15) is 0 Å². The Hall–Kier alpha value is -1.95. The summed E-state index contributed by atoms with van der Waals surface area (Å²) in [7, 11) is 0. The second-order valence-corrected chi connectivity index (χ2v) is 4.76. The van der Waals surface area contributed by atoms with Gasteiger partial charge in [0.15, 0.2) is 0 Å². The van der Waals surface area contributed by atoms with Crippen molar-refractivity contribution in [1.82, 2.24) is 4.90 Å². The summed E-state index contributed by atoms with van der Waals surface area (Å²) >= 11 is 0. The zero-order valence-corrected chi connectivity index (χ0v) is 11.1. The fourth-order valence-electron chi connectivity index (χ4n) is 2.26. The first-order valence-corrected chi connectivity index (χ1v) is 6.36. The van der Waals surface area contributed by atoms with Crippen LogP contribution in [0.2, 0.25) is 0 Å². The van der Waals surface area contributed by atoms with Crippen molar-refractivity contribution in [2.45, 2.75) is 19.4 Å². The monoisotopic (exact) mass is 281 g/mol. The van der Waals surface area contributed by atoms with E-state index in [-0.39, 0.29) is 25.1 Å². The molecule has 1 aliphatic rings. The molecule has 0 aromatic heterocycles. The lowest BCUT2D eigenvalue weighted by atomic mass is 10.1. The molecule has 1 saturated heterocycles. The topological polar surface area (TPSA) is 66.8 Å². The number of aryl methyl sites for hydroxylation is 1. The number of carboxylic acids is 1. The van der Waals surface area contributed by atoms with Gasteiger partial charge in [0.25, 0.3) is 5.91 Å². The summed E-state index contributed by atoms with van der Waals surface area (Å²) in [5, 5.41) is 8.87. The molecule has 0 aliphatic carbocycles. The number of halogens is 1. The molecule has 1 atom stereocenters. The molecule has 0 bridgehead atoms. The lowest BCUT2D eigenvalue weighted by Crippen LogP contribution is -2.49. The zero-order chi connectivity index (χ0) is 14.7. The molecule has 0 spiro atoms. The van der Waals surface area contributed by atoms with Gasteiger partial charge in [-0.3, -0.25) is 9.59 Å². The number of amides is 1. The summed E-state index contributed by atoms with van der Waals surface area (Å²) in [5.41, 5.74) is 0.362. The first-order chi connectivity index (χ1) is 9.50. The molecule has 1 amide bonds. The van der Waals surface area contributed by atoms with Crippen LogP contribution >= 0.6 is 0 Å². The van der Waals surface area contributed by atoms with Gasteiger partial charge in [0.05, 0.1) is 31.2 Å². The third-order valence-corrected chi connectivity index (χ3v) is 3.32. The predicted molar refractivity (Wildman–Crippen MR) is 69.0 cm³/mol. The van der Waals surface area contributed by atoms with Crippen LogP contribution in [0.25, 0.3) is 0 Å². The van der Waals surface area contributed by atoms with Crippen molar-refractivity contribution in [2.24, 2.45) is 0 Å². The Morgan fingerprint density at radius 2 is 2.25 bits per heavy atom. The first-order valence-electron chi connectivity index (χ1n) is 6.36. The molecule has 0 radical (unpaired) electrons. The van der Waals surface area contributed by atoms with Gasteiger partial charge in [-0.25, -0.2) is 4.39 Å².